The van der Waals surface area contributed by atoms with Gasteiger partial charge >= 0.3 is 12.1 Å². The van der Waals surface area contributed by atoms with E-state index in [4.69, 9.17) is 9.57 Å². The summed E-state index contributed by atoms with van der Waals surface area (Å²) in [6.07, 6.45) is -0.734. The van der Waals surface area contributed by atoms with Crippen LogP contribution in [0.25, 0.3) is 0 Å². The summed E-state index contributed by atoms with van der Waals surface area (Å²) in [7, 11) is 4.87. The minimum Gasteiger partial charge on any atom is -0.439 e. The van der Waals surface area contributed by atoms with Crippen LogP contribution in [-0.4, -0.2) is 82.2 Å². The summed E-state index contributed by atoms with van der Waals surface area (Å²) < 4.78 is 5.71. The van der Waals surface area contributed by atoms with Crippen LogP contribution in [0, 0.1) is 11.8 Å². The highest BCUT2D eigenvalue weighted by molar-refractivity contribution is 7.09. The Labute approximate surface area is 216 Å². The molecule has 0 radical (unpaired) electrons. The molecule has 0 spiro atoms. The van der Waals surface area contributed by atoms with E-state index in [2.05, 4.69) is 4.98 Å². The van der Waals surface area contributed by atoms with Gasteiger partial charge in [0.15, 0.2) is 18.0 Å². The van der Waals surface area contributed by atoms with Gasteiger partial charge in [0, 0.05) is 58.2 Å². The SMILES string of the molecule is CC[C@H](C)CC(=O)N(C)[C@H](C[C@@H](OC(=O)N(C)C)c1nc(C(=O)ON2C(=O)CCC2O)cs1)C(C)C. The molecule has 1 fully saturated rings. The van der Waals surface area contributed by atoms with Gasteiger partial charge in [0.05, 0.1) is 0 Å². The molecule has 11 nitrogen and oxygen atoms in total. The zero-order valence-corrected chi connectivity index (χ0v) is 22.9. The number of rotatable bonds is 11. The Hall–Kier alpha value is -2.73. The monoisotopic (exact) mass is 526 g/mol. The lowest BCUT2D eigenvalue weighted by atomic mass is 9.95. The molecule has 1 aliphatic rings. The van der Waals surface area contributed by atoms with E-state index in [0.717, 1.165) is 17.8 Å². The molecule has 1 unspecified atom stereocenters. The van der Waals surface area contributed by atoms with Gasteiger partial charge in [-0.1, -0.05) is 34.1 Å². The Morgan fingerprint density at radius 3 is 2.44 bits per heavy atom. The summed E-state index contributed by atoms with van der Waals surface area (Å²) in [6.45, 7) is 8.06. The van der Waals surface area contributed by atoms with Crippen molar-refractivity contribution in [1.82, 2.24) is 19.8 Å². The van der Waals surface area contributed by atoms with E-state index in [9.17, 15) is 24.3 Å². The molecule has 0 saturated carbocycles. The molecule has 0 aliphatic carbocycles. The van der Waals surface area contributed by atoms with E-state index >= 15 is 0 Å². The van der Waals surface area contributed by atoms with Crippen molar-refractivity contribution in [2.75, 3.05) is 21.1 Å². The molecule has 1 aromatic rings. The molecule has 12 heteroatoms. The summed E-state index contributed by atoms with van der Waals surface area (Å²) in [5.74, 6) is -1.06. The Morgan fingerprint density at radius 1 is 1.25 bits per heavy atom. The smallest absolute Gasteiger partial charge is 0.409 e. The number of nitrogens with zero attached hydrogens (tertiary/aromatic N) is 4. The number of aromatic nitrogens is 1. The van der Waals surface area contributed by atoms with E-state index < -0.39 is 30.3 Å². The number of hydroxylamine groups is 2. The first-order chi connectivity index (χ1) is 16.8. The van der Waals surface area contributed by atoms with Gasteiger partial charge in [0.1, 0.15) is 5.01 Å². The Morgan fingerprint density at radius 2 is 1.92 bits per heavy atom. The van der Waals surface area contributed by atoms with Gasteiger partial charge < -0.3 is 24.5 Å². The highest BCUT2D eigenvalue weighted by Gasteiger charge is 2.35. The van der Waals surface area contributed by atoms with Crippen LogP contribution < -0.4 is 0 Å². The summed E-state index contributed by atoms with van der Waals surface area (Å²) >= 11 is 1.11. The fourth-order valence-electron chi connectivity index (χ4n) is 3.72. The van der Waals surface area contributed by atoms with Crippen molar-refractivity contribution in [2.45, 2.75) is 78.2 Å². The minimum atomic E-state index is -1.19. The summed E-state index contributed by atoms with van der Waals surface area (Å²) in [6, 6.07) is -0.252. The molecule has 0 aromatic carbocycles. The first kappa shape index (κ1) is 29.5. The number of aliphatic hydroxyl groups excluding tert-OH is 1. The molecule has 202 valence electrons. The molecule has 2 rings (SSSR count). The topological polar surface area (TPSA) is 130 Å². The van der Waals surface area contributed by atoms with Crippen LogP contribution in [0.4, 0.5) is 4.79 Å². The average molecular weight is 527 g/mol. The summed E-state index contributed by atoms with van der Waals surface area (Å²) in [5.41, 5.74) is -0.0740. The van der Waals surface area contributed by atoms with Crippen molar-refractivity contribution in [3.05, 3.63) is 16.1 Å². The number of hydrogen-bond donors (Lipinski definition) is 1. The Kier molecular flexibility index (Phi) is 10.7. The molecular weight excluding hydrogens is 488 g/mol. The van der Waals surface area contributed by atoms with E-state index in [-0.39, 0.29) is 48.7 Å². The third kappa shape index (κ3) is 7.63. The fourth-order valence-corrected chi connectivity index (χ4v) is 4.55. The number of aliphatic hydroxyl groups is 1. The third-order valence-corrected chi connectivity index (χ3v) is 7.20. The van der Waals surface area contributed by atoms with Gasteiger partial charge in [-0.05, 0) is 11.8 Å². The maximum absolute atomic E-state index is 12.9. The second kappa shape index (κ2) is 13.0. The number of hydrogen-bond acceptors (Lipinski definition) is 9. The lowest BCUT2D eigenvalue weighted by Gasteiger charge is -2.34. The van der Waals surface area contributed by atoms with Crippen LogP contribution in [0.2, 0.25) is 0 Å². The van der Waals surface area contributed by atoms with Crippen LogP contribution in [0.3, 0.4) is 0 Å². The molecule has 3 amide bonds. The lowest BCUT2D eigenvalue weighted by molar-refractivity contribution is -0.191. The van der Waals surface area contributed by atoms with E-state index in [1.165, 1.54) is 10.3 Å². The molecular formula is C24H38N4O7S. The predicted octanol–water partition coefficient (Wildman–Crippen LogP) is 3.20. The van der Waals surface area contributed by atoms with Gasteiger partial charge in [-0.15, -0.1) is 16.4 Å². The first-order valence-corrected chi connectivity index (χ1v) is 13.0. The molecule has 1 N–H and O–H groups in total. The number of thiazole rings is 1. The minimum absolute atomic E-state index is 0.0120. The molecule has 36 heavy (non-hydrogen) atoms. The third-order valence-electron chi connectivity index (χ3n) is 6.26. The maximum atomic E-state index is 12.9. The number of carbonyl (C=O) groups is 4. The molecule has 2 heterocycles. The highest BCUT2D eigenvalue weighted by Crippen LogP contribution is 2.31. The number of ether oxygens (including phenoxy) is 1. The van der Waals surface area contributed by atoms with Crippen molar-refractivity contribution in [3.63, 3.8) is 0 Å². The Bertz CT molecular complexity index is 935. The quantitative estimate of drug-likeness (QED) is 0.465. The van der Waals surface area contributed by atoms with Gasteiger partial charge in [-0.2, -0.15) is 0 Å². The van der Waals surface area contributed by atoms with Gasteiger partial charge in [-0.3, -0.25) is 9.59 Å². The zero-order chi connectivity index (χ0) is 27.2. The van der Waals surface area contributed by atoms with Crippen LogP contribution >= 0.6 is 11.3 Å². The molecule has 0 bridgehead atoms. The van der Waals surface area contributed by atoms with Crippen molar-refractivity contribution >= 4 is 35.2 Å². The van der Waals surface area contributed by atoms with E-state index in [1.807, 2.05) is 27.7 Å². The van der Waals surface area contributed by atoms with E-state index in [0.29, 0.717) is 16.5 Å². The van der Waals surface area contributed by atoms with Crippen LogP contribution in [-0.2, 0) is 19.2 Å². The normalized spacial score (nSPS) is 18.1. The highest BCUT2D eigenvalue weighted by atomic mass is 32.1. The van der Waals surface area contributed by atoms with Gasteiger partial charge in [0.25, 0.3) is 5.91 Å². The number of carbonyl (C=O) groups excluding carboxylic acids is 4. The van der Waals surface area contributed by atoms with Crippen LogP contribution in [0.15, 0.2) is 5.38 Å². The maximum Gasteiger partial charge on any atom is 0.409 e. The van der Waals surface area contributed by atoms with Crippen LogP contribution in [0.1, 0.15) is 81.4 Å². The number of amides is 3. The molecule has 1 aliphatic heterocycles. The Balaban J connectivity index is 2.25. The van der Waals surface area contributed by atoms with E-state index in [1.54, 1.807) is 26.0 Å². The van der Waals surface area contributed by atoms with Gasteiger partial charge in [-0.25, -0.2) is 14.6 Å². The van der Waals surface area contributed by atoms with Gasteiger partial charge in [0.2, 0.25) is 5.91 Å². The summed E-state index contributed by atoms with van der Waals surface area (Å²) in [5, 5.41) is 12.3. The fraction of sp³-hybridized carbons (Fsp3) is 0.708. The largest absolute Gasteiger partial charge is 0.439 e. The second-order valence-corrected chi connectivity index (χ2v) is 10.6. The predicted molar refractivity (Wildman–Crippen MR) is 133 cm³/mol. The molecule has 1 aromatic heterocycles. The average Bonchev–Trinajstić information content (AvgIpc) is 3.43. The van der Waals surface area contributed by atoms with Crippen LogP contribution in [0.5, 0.6) is 0 Å². The van der Waals surface area contributed by atoms with Crippen molar-refractivity contribution < 1.29 is 33.9 Å². The van der Waals surface area contributed by atoms with Crippen molar-refractivity contribution in [2.24, 2.45) is 11.8 Å². The van der Waals surface area contributed by atoms with Crippen molar-refractivity contribution in [1.29, 1.82) is 0 Å². The lowest BCUT2D eigenvalue weighted by Crippen LogP contribution is -2.42. The first-order valence-electron chi connectivity index (χ1n) is 12.2. The zero-order valence-electron chi connectivity index (χ0n) is 22.1. The molecule has 1 saturated heterocycles. The second-order valence-electron chi connectivity index (χ2n) is 9.72. The summed E-state index contributed by atoms with van der Waals surface area (Å²) in [4.78, 5) is 62.1. The molecule has 4 atom stereocenters. The van der Waals surface area contributed by atoms with Crippen molar-refractivity contribution in [3.8, 4) is 0 Å². The standard InChI is InChI=1S/C24H38N4O7S/c1-8-15(4)11-21(31)27(7)17(14(2)3)12-18(34-24(33)26(5)6)22-25-16(13-36-22)23(32)35-28-19(29)9-10-20(28)30/h13-15,17-19,29H,8-12H2,1-7H3/t15-,17+,18+,19?/m0/s1.